The summed E-state index contributed by atoms with van der Waals surface area (Å²) in [5, 5.41) is 4.05. The van der Waals surface area contributed by atoms with Gasteiger partial charge >= 0.3 is 6.18 Å². The molecule has 1 aromatic carbocycles. The topological polar surface area (TPSA) is 17.8 Å². The van der Waals surface area contributed by atoms with Crippen molar-refractivity contribution in [3.05, 3.63) is 52.8 Å². The van der Waals surface area contributed by atoms with E-state index in [2.05, 4.69) is 5.10 Å². The molecular formula is C11H8ClF3N2. The van der Waals surface area contributed by atoms with Gasteiger partial charge in [-0.05, 0) is 23.8 Å². The van der Waals surface area contributed by atoms with Gasteiger partial charge in [-0.2, -0.15) is 18.3 Å². The fourth-order valence-electron chi connectivity index (χ4n) is 1.38. The normalized spacial score (nSPS) is 11.8. The van der Waals surface area contributed by atoms with Crippen molar-refractivity contribution in [1.82, 2.24) is 9.78 Å². The van der Waals surface area contributed by atoms with E-state index in [-0.39, 0.29) is 6.54 Å². The van der Waals surface area contributed by atoms with Gasteiger partial charge in [-0.1, -0.05) is 23.7 Å². The lowest BCUT2D eigenvalue weighted by atomic mass is 10.2. The van der Waals surface area contributed by atoms with E-state index in [1.807, 2.05) is 0 Å². The van der Waals surface area contributed by atoms with Gasteiger partial charge in [0.1, 0.15) is 0 Å². The van der Waals surface area contributed by atoms with Gasteiger partial charge in [0.2, 0.25) is 0 Å². The van der Waals surface area contributed by atoms with Crippen LogP contribution in [-0.4, -0.2) is 9.78 Å². The lowest BCUT2D eigenvalue weighted by Gasteiger charge is -2.03. The third-order valence-electron chi connectivity index (χ3n) is 2.19. The first-order valence-corrected chi connectivity index (χ1v) is 5.18. The Balaban J connectivity index is 2.14. The number of aromatic nitrogens is 2. The van der Waals surface area contributed by atoms with Gasteiger partial charge in [-0.25, -0.2) is 0 Å². The zero-order valence-electron chi connectivity index (χ0n) is 8.58. The Morgan fingerprint density at radius 3 is 2.29 bits per heavy atom. The molecule has 2 rings (SSSR count). The van der Waals surface area contributed by atoms with Crippen LogP contribution in [0.3, 0.4) is 0 Å². The van der Waals surface area contributed by atoms with Gasteiger partial charge in [0.15, 0.2) is 5.69 Å². The molecule has 17 heavy (non-hydrogen) atoms. The van der Waals surface area contributed by atoms with Crippen molar-refractivity contribution in [3.8, 4) is 0 Å². The standard InChI is InChI=1S/C11H8ClF3N2/c12-9-3-1-8(2-4-9)7-17-6-5-10(16-17)11(13,14)15/h1-6H,7H2. The minimum Gasteiger partial charge on any atom is -0.268 e. The molecule has 0 saturated heterocycles. The van der Waals surface area contributed by atoms with E-state index in [1.54, 1.807) is 24.3 Å². The SMILES string of the molecule is FC(F)(F)c1ccn(Cc2ccc(Cl)cc2)n1. The summed E-state index contributed by atoms with van der Waals surface area (Å²) >= 11 is 5.71. The maximum absolute atomic E-state index is 12.3. The van der Waals surface area contributed by atoms with E-state index in [4.69, 9.17) is 11.6 Å². The van der Waals surface area contributed by atoms with Crippen LogP contribution >= 0.6 is 11.6 Å². The summed E-state index contributed by atoms with van der Waals surface area (Å²) in [6.45, 7) is 0.285. The third kappa shape index (κ3) is 3.00. The predicted molar refractivity (Wildman–Crippen MR) is 57.8 cm³/mol. The zero-order chi connectivity index (χ0) is 12.5. The van der Waals surface area contributed by atoms with E-state index >= 15 is 0 Å². The highest BCUT2D eigenvalue weighted by Crippen LogP contribution is 2.27. The molecule has 2 nitrogen and oxygen atoms in total. The molecule has 0 N–H and O–H groups in total. The van der Waals surface area contributed by atoms with E-state index in [9.17, 15) is 13.2 Å². The van der Waals surface area contributed by atoms with Crippen molar-refractivity contribution >= 4 is 11.6 Å². The minimum absolute atomic E-state index is 0.285. The second-order valence-corrected chi connectivity index (χ2v) is 3.96. The molecule has 1 heterocycles. The van der Waals surface area contributed by atoms with Gasteiger partial charge in [0, 0.05) is 11.2 Å². The molecule has 0 atom stereocenters. The number of nitrogens with zero attached hydrogens (tertiary/aromatic N) is 2. The maximum Gasteiger partial charge on any atom is 0.435 e. The number of alkyl halides is 3. The summed E-state index contributed by atoms with van der Waals surface area (Å²) in [5.41, 5.74) is -0.0438. The molecule has 0 aliphatic carbocycles. The molecule has 0 saturated carbocycles. The Labute approximate surface area is 101 Å². The molecule has 2 aromatic rings. The predicted octanol–water partition coefficient (Wildman–Crippen LogP) is 3.60. The first kappa shape index (κ1) is 12.0. The molecule has 0 radical (unpaired) electrons. The lowest BCUT2D eigenvalue weighted by Crippen LogP contribution is -2.08. The van der Waals surface area contributed by atoms with Gasteiger partial charge in [-0.3, -0.25) is 4.68 Å². The van der Waals surface area contributed by atoms with Crippen molar-refractivity contribution in [2.24, 2.45) is 0 Å². The molecule has 0 spiro atoms. The summed E-state index contributed by atoms with van der Waals surface area (Å²) in [5.74, 6) is 0. The quantitative estimate of drug-likeness (QED) is 0.807. The summed E-state index contributed by atoms with van der Waals surface area (Å²) in [4.78, 5) is 0. The average molecular weight is 261 g/mol. The second kappa shape index (κ2) is 4.41. The Morgan fingerprint density at radius 1 is 1.12 bits per heavy atom. The highest BCUT2D eigenvalue weighted by Gasteiger charge is 2.33. The van der Waals surface area contributed by atoms with Crippen LogP contribution in [-0.2, 0) is 12.7 Å². The van der Waals surface area contributed by atoms with Gasteiger partial charge in [-0.15, -0.1) is 0 Å². The van der Waals surface area contributed by atoms with Crippen LogP contribution in [0.1, 0.15) is 11.3 Å². The highest BCUT2D eigenvalue weighted by atomic mass is 35.5. The summed E-state index contributed by atoms with van der Waals surface area (Å²) in [6.07, 6.45) is -3.09. The van der Waals surface area contributed by atoms with Crippen LogP contribution in [0.4, 0.5) is 13.2 Å². The average Bonchev–Trinajstić information content (AvgIpc) is 2.69. The molecule has 0 unspecified atom stereocenters. The fourth-order valence-corrected chi connectivity index (χ4v) is 1.50. The number of benzene rings is 1. The molecular weight excluding hydrogens is 253 g/mol. The summed E-state index contributed by atoms with van der Waals surface area (Å²) in [6, 6.07) is 7.82. The first-order chi connectivity index (χ1) is 7.95. The maximum atomic E-state index is 12.3. The number of hydrogen-bond acceptors (Lipinski definition) is 1. The Kier molecular flexibility index (Phi) is 3.11. The minimum atomic E-state index is -4.40. The number of halogens is 4. The highest BCUT2D eigenvalue weighted by molar-refractivity contribution is 6.30. The van der Waals surface area contributed by atoms with Crippen molar-refractivity contribution in [2.75, 3.05) is 0 Å². The summed E-state index contributed by atoms with van der Waals surface area (Å²) < 4.78 is 38.1. The van der Waals surface area contributed by atoms with Crippen LogP contribution in [0.2, 0.25) is 5.02 Å². The number of hydrogen-bond donors (Lipinski definition) is 0. The second-order valence-electron chi connectivity index (χ2n) is 3.52. The Morgan fingerprint density at radius 2 is 1.76 bits per heavy atom. The van der Waals surface area contributed by atoms with Crippen LogP contribution < -0.4 is 0 Å². The van der Waals surface area contributed by atoms with Crippen LogP contribution in [0.5, 0.6) is 0 Å². The number of rotatable bonds is 2. The van der Waals surface area contributed by atoms with E-state index < -0.39 is 11.9 Å². The molecule has 0 amide bonds. The van der Waals surface area contributed by atoms with E-state index in [0.29, 0.717) is 5.02 Å². The Hall–Kier alpha value is -1.49. The molecule has 0 fully saturated rings. The monoisotopic (exact) mass is 260 g/mol. The molecule has 0 aliphatic heterocycles. The van der Waals surface area contributed by atoms with E-state index in [1.165, 1.54) is 10.9 Å². The molecule has 6 heteroatoms. The first-order valence-electron chi connectivity index (χ1n) is 4.80. The van der Waals surface area contributed by atoms with Gasteiger partial charge < -0.3 is 0 Å². The lowest BCUT2D eigenvalue weighted by molar-refractivity contribution is -0.141. The van der Waals surface area contributed by atoms with Crippen molar-refractivity contribution in [2.45, 2.75) is 12.7 Å². The molecule has 0 aliphatic rings. The molecule has 90 valence electrons. The molecule has 1 aromatic heterocycles. The van der Waals surface area contributed by atoms with E-state index in [0.717, 1.165) is 11.6 Å². The largest absolute Gasteiger partial charge is 0.435 e. The van der Waals surface area contributed by atoms with Gasteiger partial charge in [0.25, 0.3) is 0 Å². The van der Waals surface area contributed by atoms with Crippen molar-refractivity contribution in [1.29, 1.82) is 0 Å². The van der Waals surface area contributed by atoms with Crippen molar-refractivity contribution < 1.29 is 13.2 Å². The smallest absolute Gasteiger partial charge is 0.268 e. The van der Waals surface area contributed by atoms with Gasteiger partial charge in [0.05, 0.1) is 6.54 Å². The zero-order valence-corrected chi connectivity index (χ0v) is 9.33. The summed E-state index contributed by atoms with van der Waals surface area (Å²) in [7, 11) is 0. The van der Waals surface area contributed by atoms with Crippen LogP contribution in [0.25, 0.3) is 0 Å². The third-order valence-corrected chi connectivity index (χ3v) is 2.44. The van der Waals surface area contributed by atoms with Crippen LogP contribution in [0, 0.1) is 0 Å². The van der Waals surface area contributed by atoms with Crippen LogP contribution in [0.15, 0.2) is 36.5 Å². The van der Waals surface area contributed by atoms with Crippen molar-refractivity contribution in [3.63, 3.8) is 0 Å². The Bertz CT molecular complexity index is 502. The molecule has 0 bridgehead atoms. The fraction of sp³-hybridized carbons (Fsp3) is 0.182.